The minimum absolute atomic E-state index is 0.0714. The molecule has 0 amide bonds. The number of hydrogen-bond donors (Lipinski definition) is 0. The maximum absolute atomic E-state index is 11.9. The van der Waals surface area contributed by atoms with Crippen LogP contribution in [-0.4, -0.2) is 34.7 Å². The van der Waals surface area contributed by atoms with E-state index >= 15 is 0 Å². The number of ether oxygens (including phenoxy) is 2. The zero-order valence-corrected chi connectivity index (χ0v) is 16.4. The molecular formula is C19H32N2O3S. The van der Waals surface area contributed by atoms with Crippen molar-refractivity contribution in [2.45, 2.75) is 76.5 Å². The summed E-state index contributed by atoms with van der Waals surface area (Å²) in [7, 11) is 0. The number of hydrogen-bond acceptors (Lipinski definition) is 5. The lowest BCUT2D eigenvalue weighted by atomic mass is 10.0. The first-order valence-corrected chi connectivity index (χ1v) is 10.7. The van der Waals surface area contributed by atoms with Gasteiger partial charge in [0, 0.05) is 18.6 Å². The Bertz CT molecular complexity index is 501. The molecule has 2 atom stereocenters. The Morgan fingerprint density at radius 1 is 1.48 bits per heavy atom. The van der Waals surface area contributed by atoms with Crippen molar-refractivity contribution in [1.29, 1.82) is 0 Å². The zero-order chi connectivity index (χ0) is 17.9. The van der Waals surface area contributed by atoms with Gasteiger partial charge in [0.15, 0.2) is 0 Å². The highest BCUT2D eigenvalue weighted by atomic mass is 32.2. The molecule has 1 aromatic rings. The number of esters is 1. The van der Waals surface area contributed by atoms with Crippen molar-refractivity contribution in [2.24, 2.45) is 5.92 Å². The molecule has 0 N–H and O–H groups in total. The van der Waals surface area contributed by atoms with Crippen molar-refractivity contribution in [3.8, 4) is 0 Å². The summed E-state index contributed by atoms with van der Waals surface area (Å²) in [6, 6.07) is 1.99. The van der Waals surface area contributed by atoms with Gasteiger partial charge in [-0.25, -0.2) is 4.68 Å². The van der Waals surface area contributed by atoms with E-state index in [-0.39, 0.29) is 12.2 Å². The van der Waals surface area contributed by atoms with Crippen molar-refractivity contribution < 1.29 is 14.3 Å². The van der Waals surface area contributed by atoms with Gasteiger partial charge in [0.2, 0.25) is 0 Å². The number of thioether (sulfide) groups is 1. The molecule has 0 spiro atoms. The molecule has 0 bridgehead atoms. The summed E-state index contributed by atoms with van der Waals surface area (Å²) in [6.45, 7) is 5.73. The fourth-order valence-electron chi connectivity index (χ4n) is 2.91. The highest BCUT2D eigenvalue weighted by Crippen LogP contribution is 2.24. The lowest BCUT2D eigenvalue weighted by Gasteiger charge is -2.22. The second kappa shape index (κ2) is 11.6. The molecule has 5 nitrogen and oxygen atoms in total. The van der Waals surface area contributed by atoms with Crippen molar-refractivity contribution in [3.05, 3.63) is 12.3 Å². The van der Waals surface area contributed by atoms with Crippen LogP contribution in [0.15, 0.2) is 17.3 Å². The monoisotopic (exact) mass is 368 g/mol. The van der Waals surface area contributed by atoms with Crippen molar-refractivity contribution in [3.63, 3.8) is 0 Å². The third kappa shape index (κ3) is 7.40. The minimum atomic E-state index is -0.0995. The van der Waals surface area contributed by atoms with Gasteiger partial charge in [0.05, 0.1) is 13.0 Å². The van der Waals surface area contributed by atoms with E-state index in [9.17, 15) is 4.79 Å². The quantitative estimate of drug-likeness (QED) is 0.414. The predicted octanol–water partition coefficient (Wildman–Crippen LogP) is 4.82. The minimum Gasteiger partial charge on any atom is -0.465 e. The number of carbonyl (C=O) groups excluding carboxylic acids is 1. The summed E-state index contributed by atoms with van der Waals surface area (Å²) in [5.74, 6) is 1.10. The van der Waals surface area contributed by atoms with Crippen LogP contribution in [0, 0.1) is 5.92 Å². The normalized spacial score (nSPS) is 18.9. The Balaban J connectivity index is 1.63. The summed E-state index contributed by atoms with van der Waals surface area (Å²) in [5, 5.41) is 5.50. The molecule has 142 valence electrons. The smallest absolute Gasteiger partial charge is 0.306 e. The third-order valence-electron chi connectivity index (χ3n) is 4.61. The van der Waals surface area contributed by atoms with Gasteiger partial charge in [-0.3, -0.25) is 4.79 Å². The molecule has 6 heteroatoms. The molecule has 1 aromatic heterocycles. The van der Waals surface area contributed by atoms with Crippen LogP contribution in [-0.2, 0) is 14.3 Å². The van der Waals surface area contributed by atoms with E-state index in [4.69, 9.17) is 9.47 Å². The third-order valence-corrected chi connectivity index (χ3v) is 5.54. The molecule has 2 heterocycles. The molecule has 0 radical (unpaired) electrons. The van der Waals surface area contributed by atoms with E-state index in [0.717, 1.165) is 37.3 Å². The molecule has 2 unspecified atom stereocenters. The van der Waals surface area contributed by atoms with Gasteiger partial charge in [0.1, 0.15) is 11.3 Å². The van der Waals surface area contributed by atoms with Crippen LogP contribution < -0.4 is 0 Å². The van der Waals surface area contributed by atoms with Crippen LogP contribution in [0.5, 0.6) is 0 Å². The van der Waals surface area contributed by atoms with Crippen LogP contribution in [0.2, 0.25) is 0 Å². The first-order valence-electron chi connectivity index (χ1n) is 9.68. The average molecular weight is 369 g/mol. The maximum atomic E-state index is 11.9. The van der Waals surface area contributed by atoms with Gasteiger partial charge >= 0.3 is 5.97 Å². The Labute approximate surface area is 155 Å². The van der Waals surface area contributed by atoms with Gasteiger partial charge in [-0.2, -0.15) is 5.10 Å². The highest BCUT2D eigenvalue weighted by molar-refractivity contribution is 7.99. The Morgan fingerprint density at radius 2 is 2.36 bits per heavy atom. The SMILES string of the molecule is CCCCC(CC)COC(=O)CCSc1ccn(C2CCCCO2)n1. The van der Waals surface area contributed by atoms with Gasteiger partial charge in [0.25, 0.3) is 0 Å². The van der Waals surface area contributed by atoms with Gasteiger partial charge in [-0.15, -0.1) is 11.8 Å². The summed E-state index contributed by atoms with van der Waals surface area (Å²) < 4.78 is 13.1. The summed E-state index contributed by atoms with van der Waals surface area (Å²) in [5.41, 5.74) is 0. The van der Waals surface area contributed by atoms with E-state index < -0.39 is 0 Å². The molecule has 1 aliphatic heterocycles. The van der Waals surface area contributed by atoms with Gasteiger partial charge < -0.3 is 9.47 Å². The maximum Gasteiger partial charge on any atom is 0.306 e. The molecule has 25 heavy (non-hydrogen) atoms. The average Bonchev–Trinajstić information content (AvgIpc) is 3.11. The molecular weight excluding hydrogens is 336 g/mol. The number of nitrogens with zero attached hydrogens (tertiary/aromatic N) is 2. The first kappa shape index (κ1) is 20.3. The summed E-state index contributed by atoms with van der Waals surface area (Å²) in [4.78, 5) is 11.9. The van der Waals surface area contributed by atoms with Crippen LogP contribution in [0.4, 0.5) is 0 Å². The van der Waals surface area contributed by atoms with Crippen LogP contribution in [0.25, 0.3) is 0 Å². The number of aromatic nitrogens is 2. The van der Waals surface area contributed by atoms with Gasteiger partial charge in [-0.1, -0.05) is 33.1 Å². The standard InChI is InChI=1S/C19H32N2O3S/c1-3-5-8-16(4-2)15-24-19(22)11-14-25-17-10-12-21(20-17)18-9-6-7-13-23-18/h10,12,16,18H,3-9,11,13-15H2,1-2H3. The van der Waals surface area contributed by atoms with Crippen LogP contribution >= 0.6 is 11.8 Å². The number of carbonyl (C=O) groups is 1. The molecule has 1 fully saturated rings. The highest BCUT2D eigenvalue weighted by Gasteiger charge is 2.16. The molecule has 0 aliphatic carbocycles. The second-order valence-electron chi connectivity index (χ2n) is 6.65. The van der Waals surface area contributed by atoms with Crippen molar-refractivity contribution in [1.82, 2.24) is 9.78 Å². The predicted molar refractivity (Wildman–Crippen MR) is 101 cm³/mol. The van der Waals surface area contributed by atoms with E-state index in [1.165, 1.54) is 19.3 Å². The molecule has 2 rings (SSSR count). The molecule has 0 saturated carbocycles. The number of unbranched alkanes of at least 4 members (excludes halogenated alkanes) is 1. The lowest BCUT2D eigenvalue weighted by Crippen LogP contribution is -2.18. The van der Waals surface area contributed by atoms with Gasteiger partial charge in [-0.05, 0) is 37.7 Å². The first-order chi connectivity index (χ1) is 12.2. The number of rotatable bonds is 11. The molecule has 1 aliphatic rings. The van der Waals surface area contributed by atoms with Crippen LogP contribution in [0.3, 0.4) is 0 Å². The lowest BCUT2D eigenvalue weighted by molar-refractivity contribution is -0.144. The largest absolute Gasteiger partial charge is 0.465 e. The summed E-state index contributed by atoms with van der Waals surface area (Å²) >= 11 is 1.60. The van der Waals surface area contributed by atoms with Crippen molar-refractivity contribution >= 4 is 17.7 Å². The Hall–Kier alpha value is -1.01. The molecule has 0 aromatic carbocycles. The fourth-order valence-corrected chi connectivity index (χ4v) is 3.70. The Kier molecular flexibility index (Phi) is 9.40. The Morgan fingerprint density at radius 3 is 3.08 bits per heavy atom. The zero-order valence-electron chi connectivity index (χ0n) is 15.6. The fraction of sp³-hybridized carbons (Fsp3) is 0.789. The topological polar surface area (TPSA) is 53.4 Å². The van der Waals surface area contributed by atoms with E-state index in [0.29, 0.717) is 24.7 Å². The van der Waals surface area contributed by atoms with Crippen LogP contribution in [0.1, 0.15) is 71.4 Å². The van der Waals surface area contributed by atoms with E-state index in [2.05, 4.69) is 18.9 Å². The van der Waals surface area contributed by atoms with Crippen molar-refractivity contribution in [2.75, 3.05) is 19.0 Å². The molecule has 1 saturated heterocycles. The second-order valence-corrected chi connectivity index (χ2v) is 7.77. The summed E-state index contributed by atoms with van der Waals surface area (Å²) in [6.07, 6.45) is 10.4. The van der Waals surface area contributed by atoms with E-state index in [1.807, 2.05) is 16.9 Å². The van der Waals surface area contributed by atoms with E-state index in [1.54, 1.807) is 11.8 Å².